The van der Waals surface area contributed by atoms with E-state index in [2.05, 4.69) is 10.1 Å². The Labute approximate surface area is 132 Å². The van der Waals surface area contributed by atoms with E-state index >= 15 is 0 Å². The summed E-state index contributed by atoms with van der Waals surface area (Å²) >= 11 is 0. The van der Waals surface area contributed by atoms with Gasteiger partial charge in [0.1, 0.15) is 0 Å². The highest BCUT2D eigenvalue weighted by molar-refractivity contribution is 5.81. The second-order valence-electron chi connectivity index (χ2n) is 5.38. The minimum Gasteiger partial charge on any atom is -0.493 e. The Kier molecular flexibility index (Phi) is 6.68. The third kappa shape index (κ3) is 6.35. The van der Waals surface area contributed by atoms with Crippen molar-refractivity contribution in [2.24, 2.45) is 11.7 Å². The highest BCUT2D eigenvalue weighted by Gasteiger charge is 2.29. The minimum absolute atomic E-state index is 0.00248. The topological polar surface area (TPSA) is 73.6 Å². The number of alkyl halides is 3. The number of nitrogens with two attached hydrogens (primary N) is 1. The maximum absolute atomic E-state index is 12.2. The van der Waals surface area contributed by atoms with Crippen LogP contribution in [-0.4, -0.2) is 31.8 Å². The molecule has 0 radical (unpaired) electrons. The van der Waals surface area contributed by atoms with Crippen LogP contribution in [0.2, 0.25) is 0 Å². The molecule has 0 unspecified atom stereocenters. The molecule has 0 aliphatic heterocycles. The molecule has 0 saturated carbocycles. The average molecular weight is 334 g/mol. The molecule has 0 heterocycles. The zero-order chi connectivity index (χ0) is 17.6. The number of carbonyl (C=O) groups excluding carboxylic acids is 1. The van der Waals surface area contributed by atoms with E-state index in [1.54, 1.807) is 6.07 Å². The lowest BCUT2D eigenvalue weighted by molar-refractivity contribution is -0.153. The van der Waals surface area contributed by atoms with Gasteiger partial charge in [-0.3, -0.25) is 4.79 Å². The van der Waals surface area contributed by atoms with Crippen LogP contribution in [0.4, 0.5) is 13.2 Å². The van der Waals surface area contributed by atoms with Crippen molar-refractivity contribution in [2.75, 3.05) is 13.7 Å². The molecule has 1 amide bonds. The van der Waals surface area contributed by atoms with Crippen LogP contribution in [0.25, 0.3) is 0 Å². The SMILES string of the molecule is COc1cc(CNC(=O)[C@@H](N)C(C)C)ccc1OCC(F)(F)F. The second-order valence-corrected chi connectivity index (χ2v) is 5.38. The lowest BCUT2D eigenvalue weighted by atomic mass is 10.0. The van der Waals surface area contributed by atoms with Gasteiger partial charge in [-0.2, -0.15) is 13.2 Å². The zero-order valence-electron chi connectivity index (χ0n) is 13.2. The largest absolute Gasteiger partial charge is 0.493 e. The first-order valence-electron chi connectivity index (χ1n) is 7.03. The summed E-state index contributed by atoms with van der Waals surface area (Å²) in [5, 5.41) is 2.67. The van der Waals surface area contributed by atoms with Gasteiger partial charge in [0, 0.05) is 6.54 Å². The molecular formula is C15H21F3N2O3. The van der Waals surface area contributed by atoms with Gasteiger partial charge in [0.25, 0.3) is 0 Å². The number of rotatable bonds is 7. The Hall–Kier alpha value is -1.96. The third-order valence-electron chi connectivity index (χ3n) is 3.11. The number of benzene rings is 1. The van der Waals surface area contributed by atoms with Gasteiger partial charge in [0.05, 0.1) is 13.2 Å². The smallest absolute Gasteiger partial charge is 0.422 e. The summed E-state index contributed by atoms with van der Waals surface area (Å²) in [5.41, 5.74) is 6.38. The molecule has 0 aliphatic carbocycles. The van der Waals surface area contributed by atoms with E-state index in [-0.39, 0.29) is 29.9 Å². The van der Waals surface area contributed by atoms with Crippen LogP contribution in [0.15, 0.2) is 18.2 Å². The maximum Gasteiger partial charge on any atom is 0.422 e. The summed E-state index contributed by atoms with van der Waals surface area (Å²) in [6.45, 7) is 2.46. The lowest BCUT2D eigenvalue weighted by Crippen LogP contribution is -2.43. The Morgan fingerprint density at radius 1 is 1.30 bits per heavy atom. The van der Waals surface area contributed by atoms with Crippen LogP contribution >= 0.6 is 0 Å². The maximum atomic E-state index is 12.2. The number of methoxy groups -OCH3 is 1. The number of halogens is 3. The van der Waals surface area contributed by atoms with Gasteiger partial charge in [0.2, 0.25) is 5.91 Å². The number of nitrogens with one attached hydrogen (secondary N) is 1. The van der Waals surface area contributed by atoms with E-state index in [9.17, 15) is 18.0 Å². The van der Waals surface area contributed by atoms with Gasteiger partial charge in [-0.1, -0.05) is 19.9 Å². The molecule has 0 bridgehead atoms. The quantitative estimate of drug-likeness (QED) is 0.802. The summed E-state index contributed by atoms with van der Waals surface area (Å²) in [4.78, 5) is 11.8. The molecule has 5 nitrogen and oxygen atoms in total. The summed E-state index contributed by atoms with van der Waals surface area (Å²) in [5.74, 6) is -0.146. The highest BCUT2D eigenvalue weighted by atomic mass is 19.4. The fourth-order valence-corrected chi connectivity index (χ4v) is 1.71. The molecule has 3 N–H and O–H groups in total. The van der Waals surface area contributed by atoms with Crippen LogP contribution in [0, 0.1) is 5.92 Å². The Morgan fingerprint density at radius 3 is 2.48 bits per heavy atom. The van der Waals surface area contributed by atoms with Crippen molar-refractivity contribution in [3.05, 3.63) is 23.8 Å². The van der Waals surface area contributed by atoms with Crippen molar-refractivity contribution in [1.82, 2.24) is 5.32 Å². The predicted octanol–water partition coefficient (Wildman–Crippen LogP) is 2.24. The molecule has 1 rings (SSSR count). The van der Waals surface area contributed by atoms with Crippen molar-refractivity contribution in [3.63, 3.8) is 0 Å². The first-order chi connectivity index (χ1) is 10.6. The zero-order valence-corrected chi connectivity index (χ0v) is 13.2. The molecule has 0 spiro atoms. The van der Waals surface area contributed by atoms with E-state index in [0.29, 0.717) is 5.56 Å². The molecule has 1 aromatic carbocycles. The van der Waals surface area contributed by atoms with Gasteiger partial charge in [-0.15, -0.1) is 0 Å². The molecule has 1 atom stereocenters. The van der Waals surface area contributed by atoms with Crippen molar-refractivity contribution >= 4 is 5.91 Å². The molecule has 8 heteroatoms. The third-order valence-corrected chi connectivity index (χ3v) is 3.11. The van der Waals surface area contributed by atoms with E-state index in [4.69, 9.17) is 10.5 Å². The molecule has 130 valence electrons. The first-order valence-corrected chi connectivity index (χ1v) is 7.03. The molecule has 0 fully saturated rings. The van der Waals surface area contributed by atoms with Gasteiger partial charge in [-0.25, -0.2) is 0 Å². The van der Waals surface area contributed by atoms with Crippen molar-refractivity contribution in [1.29, 1.82) is 0 Å². The van der Waals surface area contributed by atoms with Gasteiger partial charge in [0.15, 0.2) is 18.1 Å². The summed E-state index contributed by atoms with van der Waals surface area (Å²) in [6.07, 6.45) is -4.43. The fourth-order valence-electron chi connectivity index (χ4n) is 1.71. The van der Waals surface area contributed by atoms with Crippen LogP contribution in [0.5, 0.6) is 11.5 Å². The van der Waals surface area contributed by atoms with E-state index in [1.165, 1.54) is 19.2 Å². The Bertz CT molecular complexity index is 533. The Balaban J connectivity index is 2.70. The summed E-state index contributed by atoms with van der Waals surface area (Å²) in [6, 6.07) is 3.81. The standard InChI is InChI=1S/C15H21F3N2O3/c1-9(2)13(19)14(21)20-7-10-4-5-11(12(6-10)22-3)23-8-15(16,17)18/h4-6,9,13H,7-8,19H2,1-3H3,(H,20,21)/t13-/m0/s1. The number of amides is 1. The number of carbonyl (C=O) groups is 1. The minimum atomic E-state index is -4.43. The molecular weight excluding hydrogens is 313 g/mol. The van der Waals surface area contributed by atoms with Gasteiger partial charge >= 0.3 is 6.18 Å². The van der Waals surface area contributed by atoms with Crippen molar-refractivity contribution < 1.29 is 27.4 Å². The van der Waals surface area contributed by atoms with E-state index < -0.39 is 18.8 Å². The Morgan fingerprint density at radius 2 is 1.96 bits per heavy atom. The number of ether oxygens (including phenoxy) is 2. The number of hydrogen-bond donors (Lipinski definition) is 2. The second kappa shape index (κ2) is 8.05. The van der Waals surface area contributed by atoms with Crippen molar-refractivity contribution in [3.8, 4) is 11.5 Å². The highest BCUT2D eigenvalue weighted by Crippen LogP contribution is 2.29. The average Bonchev–Trinajstić information content (AvgIpc) is 2.49. The molecule has 0 saturated heterocycles. The molecule has 0 aromatic heterocycles. The van der Waals surface area contributed by atoms with Crippen LogP contribution in [-0.2, 0) is 11.3 Å². The predicted molar refractivity (Wildman–Crippen MR) is 79.2 cm³/mol. The van der Waals surface area contributed by atoms with Crippen LogP contribution < -0.4 is 20.5 Å². The normalized spacial score (nSPS) is 12.9. The first kappa shape index (κ1) is 19.1. The lowest BCUT2D eigenvalue weighted by Gasteiger charge is -2.16. The van der Waals surface area contributed by atoms with Gasteiger partial charge in [-0.05, 0) is 23.6 Å². The van der Waals surface area contributed by atoms with Crippen molar-refractivity contribution in [2.45, 2.75) is 32.6 Å². The molecule has 1 aromatic rings. The molecule has 23 heavy (non-hydrogen) atoms. The van der Waals surface area contributed by atoms with Crippen LogP contribution in [0.3, 0.4) is 0 Å². The fraction of sp³-hybridized carbons (Fsp3) is 0.533. The summed E-state index contributed by atoms with van der Waals surface area (Å²) in [7, 11) is 1.33. The number of hydrogen-bond acceptors (Lipinski definition) is 4. The molecule has 0 aliphatic rings. The monoisotopic (exact) mass is 334 g/mol. The van der Waals surface area contributed by atoms with E-state index in [1.807, 2.05) is 13.8 Å². The summed E-state index contributed by atoms with van der Waals surface area (Å²) < 4.78 is 46.2. The van der Waals surface area contributed by atoms with Crippen LogP contribution in [0.1, 0.15) is 19.4 Å². The van der Waals surface area contributed by atoms with Gasteiger partial charge < -0.3 is 20.5 Å². The van der Waals surface area contributed by atoms with E-state index in [0.717, 1.165) is 0 Å².